The van der Waals surface area contributed by atoms with Crippen LogP contribution in [0.25, 0.3) is 0 Å². The van der Waals surface area contributed by atoms with Crippen LogP contribution in [-0.2, 0) is 21.4 Å². The molecule has 1 heterocycles. The van der Waals surface area contributed by atoms with Gasteiger partial charge in [0.15, 0.2) is 0 Å². The molecule has 0 atom stereocenters. The fourth-order valence-corrected chi connectivity index (χ4v) is 4.39. The third kappa shape index (κ3) is 5.14. The Kier molecular flexibility index (Phi) is 6.37. The van der Waals surface area contributed by atoms with Crippen molar-refractivity contribution in [2.45, 2.75) is 38.6 Å². The van der Waals surface area contributed by atoms with E-state index in [0.29, 0.717) is 6.54 Å². The van der Waals surface area contributed by atoms with Crippen molar-refractivity contribution in [1.29, 1.82) is 0 Å². The summed E-state index contributed by atoms with van der Waals surface area (Å²) in [7, 11) is -1.86. The molecule has 0 spiro atoms. The molecule has 0 aliphatic carbocycles. The van der Waals surface area contributed by atoms with Gasteiger partial charge in [0.05, 0.1) is 11.4 Å². The minimum Gasteiger partial charge on any atom is -0.341 e. The highest BCUT2D eigenvalue weighted by molar-refractivity contribution is 7.89. The molecule has 0 radical (unpaired) electrons. The first kappa shape index (κ1) is 19.6. The Morgan fingerprint density at radius 2 is 1.84 bits per heavy atom. The number of nitrogens with zero attached hydrogens (tertiary/aromatic N) is 1. The topological polar surface area (TPSA) is 66.5 Å². The number of sulfonamides is 1. The van der Waals surface area contributed by atoms with Gasteiger partial charge in [-0.2, -0.15) is 0 Å². The van der Waals surface area contributed by atoms with Gasteiger partial charge in [-0.05, 0) is 61.0 Å². The summed E-state index contributed by atoms with van der Waals surface area (Å²) in [5.41, 5.74) is 3.13. The van der Waals surface area contributed by atoms with Crippen molar-refractivity contribution in [2.75, 3.05) is 13.6 Å². The molecule has 0 fully saturated rings. The molecule has 0 aliphatic rings. The standard InChI is InChI=1S/C18H24N2O3S2/c1-13-5-6-16(11-15(13)3)25(22,23)19-9-7-18(21)20(4)12-17-14(2)8-10-24-17/h5-6,8,10-11,19H,7,9,12H2,1-4H3. The summed E-state index contributed by atoms with van der Waals surface area (Å²) in [6.45, 7) is 6.46. The molecule has 1 aromatic carbocycles. The number of rotatable bonds is 7. The zero-order valence-electron chi connectivity index (χ0n) is 15.0. The van der Waals surface area contributed by atoms with E-state index in [-0.39, 0.29) is 23.8 Å². The van der Waals surface area contributed by atoms with Crippen molar-refractivity contribution in [3.8, 4) is 0 Å². The molecule has 136 valence electrons. The van der Waals surface area contributed by atoms with Gasteiger partial charge in [0.25, 0.3) is 0 Å². The van der Waals surface area contributed by atoms with E-state index < -0.39 is 10.0 Å². The van der Waals surface area contributed by atoms with Gasteiger partial charge in [0, 0.05) is 24.9 Å². The molecule has 0 unspecified atom stereocenters. The van der Waals surface area contributed by atoms with Crippen LogP contribution in [0, 0.1) is 20.8 Å². The Bertz CT molecular complexity index is 857. The number of carbonyl (C=O) groups excluding carboxylic acids is 1. The Morgan fingerprint density at radius 1 is 1.12 bits per heavy atom. The lowest BCUT2D eigenvalue weighted by atomic mass is 10.1. The molecule has 0 bridgehead atoms. The third-order valence-electron chi connectivity index (χ3n) is 4.19. The Morgan fingerprint density at radius 3 is 2.44 bits per heavy atom. The second-order valence-corrected chi connectivity index (χ2v) is 8.94. The van der Waals surface area contributed by atoms with E-state index in [0.717, 1.165) is 16.0 Å². The predicted molar refractivity (Wildman–Crippen MR) is 101 cm³/mol. The van der Waals surface area contributed by atoms with E-state index in [4.69, 9.17) is 0 Å². The maximum atomic E-state index is 12.3. The van der Waals surface area contributed by atoms with Crippen molar-refractivity contribution in [3.05, 3.63) is 51.2 Å². The van der Waals surface area contributed by atoms with E-state index in [1.807, 2.05) is 32.2 Å². The highest BCUT2D eigenvalue weighted by Gasteiger charge is 2.16. The quantitative estimate of drug-likeness (QED) is 0.803. The monoisotopic (exact) mass is 380 g/mol. The number of aryl methyl sites for hydroxylation is 3. The van der Waals surface area contributed by atoms with Gasteiger partial charge in [0.1, 0.15) is 0 Å². The van der Waals surface area contributed by atoms with Crippen molar-refractivity contribution in [2.24, 2.45) is 0 Å². The maximum absolute atomic E-state index is 12.3. The minimum absolute atomic E-state index is 0.0852. The molecule has 0 aliphatic heterocycles. The van der Waals surface area contributed by atoms with Gasteiger partial charge in [-0.15, -0.1) is 11.3 Å². The first-order valence-electron chi connectivity index (χ1n) is 8.04. The SMILES string of the molecule is Cc1ccc(S(=O)(=O)NCCC(=O)N(C)Cc2sccc2C)cc1C. The number of hydrogen-bond acceptors (Lipinski definition) is 4. The molecule has 1 aromatic heterocycles. The summed E-state index contributed by atoms with van der Waals surface area (Å²) >= 11 is 1.62. The lowest BCUT2D eigenvalue weighted by molar-refractivity contribution is -0.130. The number of nitrogens with one attached hydrogen (secondary N) is 1. The molecule has 2 aromatic rings. The second-order valence-electron chi connectivity index (χ2n) is 6.17. The van der Waals surface area contributed by atoms with E-state index in [1.165, 1.54) is 5.56 Å². The van der Waals surface area contributed by atoms with Crippen LogP contribution in [0.5, 0.6) is 0 Å². The molecule has 2 rings (SSSR count). The van der Waals surface area contributed by atoms with E-state index in [9.17, 15) is 13.2 Å². The smallest absolute Gasteiger partial charge is 0.240 e. The number of carbonyl (C=O) groups is 1. The van der Waals surface area contributed by atoms with Crippen molar-refractivity contribution < 1.29 is 13.2 Å². The summed E-state index contributed by atoms with van der Waals surface area (Å²) in [6.07, 6.45) is 0.130. The van der Waals surface area contributed by atoms with E-state index in [1.54, 1.807) is 41.5 Å². The molecule has 5 nitrogen and oxygen atoms in total. The lowest BCUT2D eigenvalue weighted by Gasteiger charge is -2.17. The fourth-order valence-electron chi connectivity index (χ4n) is 2.32. The average Bonchev–Trinajstić information content (AvgIpc) is 2.94. The largest absolute Gasteiger partial charge is 0.341 e. The predicted octanol–water partition coefficient (Wildman–Crippen LogP) is 3.00. The average molecular weight is 381 g/mol. The van der Waals surface area contributed by atoms with Gasteiger partial charge in [0.2, 0.25) is 15.9 Å². The fraction of sp³-hybridized carbons (Fsp3) is 0.389. The van der Waals surface area contributed by atoms with Crippen LogP contribution in [0.4, 0.5) is 0 Å². The molecule has 25 heavy (non-hydrogen) atoms. The molecule has 1 amide bonds. The van der Waals surface area contributed by atoms with Crippen LogP contribution in [0.3, 0.4) is 0 Å². The van der Waals surface area contributed by atoms with Crippen LogP contribution in [0.1, 0.15) is 28.0 Å². The molecular weight excluding hydrogens is 356 g/mol. The number of benzene rings is 1. The van der Waals surface area contributed by atoms with Crippen molar-refractivity contribution >= 4 is 27.3 Å². The Hall–Kier alpha value is -1.70. The van der Waals surface area contributed by atoms with Gasteiger partial charge in [-0.3, -0.25) is 4.79 Å². The molecule has 7 heteroatoms. The van der Waals surface area contributed by atoms with Gasteiger partial charge >= 0.3 is 0 Å². The molecule has 1 N–H and O–H groups in total. The Labute approximate surface area is 153 Å². The van der Waals surface area contributed by atoms with Crippen molar-refractivity contribution in [3.63, 3.8) is 0 Å². The molecule has 0 saturated heterocycles. The van der Waals surface area contributed by atoms with Crippen LogP contribution in [0.2, 0.25) is 0 Å². The minimum atomic E-state index is -3.60. The lowest BCUT2D eigenvalue weighted by Crippen LogP contribution is -2.31. The normalized spacial score (nSPS) is 11.5. The first-order valence-corrected chi connectivity index (χ1v) is 10.4. The number of hydrogen-bond donors (Lipinski definition) is 1. The van der Waals surface area contributed by atoms with Gasteiger partial charge in [-0.1, -0.05) is 6.07 Å². The molecule has 0 saturated carbocycles. The van der Waals surface area contributed by atoms with Gasteiger partial charge < -0.3 is 4.90 Å². The van der Waals surface area contributed by atoms with Crippen LogP contribution in [0.15, 0.2) is 34.5 Å². The first-order chi connectivity index (χ1) is 11.7. The zero-order chi connectivity index (χ0) is 18.6. The summed E-state index contributed by atoms with van der Waals surface area (Å²) < 4.78 is 27.1. The van der Waals surface area contributed by atoms with Gasteiger partial charge in [-0.25, -0.2) is 13.1 Å². The number of amides is 1. The zero-order valence-corrected chi connectivity index (χ0v) is 16.6. The summed E-state index contributed by atoms with van der Waals surface area (Å²) in [5.74, 6) is -0.0874. The van der Waals surface area contributed by atoms with Crippen LogP contribution in [-0.4, -0.2) is 32.8 Å². The van der Waals surface area contributed by atoms with Crippen LogP contribution >= 0.6 is 11.3 Å². The summed E-state index contributed by atoms with van der Waals surface area (Å²) in [5, 5.41) is 2.00. The van der Waals surface area contributed by atoms with E-state index >= 15 is 0 Å². The summed E-state index contributed by atoms with van der Waals surface area (Å²) in [4.78, 5) is 15.2. The highest BCUT2D eigenvalue weighted by Crippen LogP contribution is 2.18. The second kappa shape index (κ2) is 8.12. The number of thiophene rings is 1. The third-order valence-corrected chi connectivity index (χ3v) is 6.66. The maximum Gasteiger partial charge on any atom is 0.240 e. The molecular formula is C18H24N2O3S2. The highest BCUT2D eigenvalue weighted by atomic mass is 32.2. The van der Waals surface area contributed by atoms with Crippen LogP contribution < -0.4 is 4.72 Å². The van der Waals surface area contributed by atoms with E-state index in [2.05, 4.69) is 4.72 Å². The van der Waals surface area contributed by atoms with Crippen molar-refractivity contribution in [1.82, 2.24) is 9.62 Å². The summed E-state index contributed by atoms with van der Waals surface area (Å²) in [6, 6.07) is 7.03. The Balaban J connectivity index is 1.89.